The number of aliphatic hydroxyl groups is 2. The van der Waals surface area contributed by atoms with Crippen molar-refractivity contribution >= 4 is 0 Å². The molecule has 0 unspecified atom stereocenters. The van der Waals surface area contributed by atoms with E-state index in [-0.39, 0.29) is 0 Å². The van der Waals surface area contributed by atoms with Crippen LogP contribution in [-0.2, 0) is 0 Å². The Hall–Kier alpha value is -2.82. The van der Waals surface area contributed by atoms with E-state index in [1.54, 1.807) is 24.3 Å². The average Bonchev–Trinajstić information content (AvgIpc) is 2.72. The van der Waals surface area contributed by atoms with Crippen LogP contribution in [0.3, 0.4) is 0 Å². The minimum Gasteiger partial charge on any atom is -0.493 e. The van der Waals surface area contributed by atoms with Crippen LogP contribution in [0.5, 0.6) is 11.5 Å². The van der Waals surface area contributed by atoms with Gasteiger partial charge in [0.15, 0.2) is 0 Å². The maximum absolute atomic E-state index is 9.96. The van der Waals surface area contributed by atoms with Crippen LogP contribution in [0.1, 0.15) is 24.0 Å². The predicted molar refractivity (Wildman–Crippen MR) is 122 cm³/mol. The molecule has 0 heterocycles. The van der Waals surface area contributed by atoms with Gasteiger partial charge in [0.05, 0.1) is 25.4 Å². The van der Waals surface area contributed by atoms with E-state index in [2.05, 4.69) is 0 Å². The van der Waals surface area contributed by atoms with Crippen molar-refractivity contribution in [1.82, 2.24) is 0 Å². The summed E-state index contributed by atoms with van der Waals surface area (Å²) in [7, 11) is 0. The Balaban J connectivity index is 1.57. The second-order valence-electron chi connectivity index (χ2n) is 7.19. The summed E-state index contributed by atoms with van der Waals surface area (Å²) in [6, 6.07) is 15.7. The lowest BCUT2D eigenvalue weighted by atomic mass is 10.2. The standard InChI is InChI=1S/C26H32O4/c1-21-12-14-25(15-13-21)29-18-16-23(27)9-5-3-4-6-10-24(28)17-19-30-26-11-7-8-22(2)20-26/h3-15,20,23-24,27-28H,16-19H2,1-2H3/b4-3-,9-5+,10-6+/t23-,24+/m0/s1. The lowest BCUT2D eigenvalue weighted by Gasteiger charge is -2.08. The van der Waals surface area contributed by atoms with Gasteiger partial charge in [-0.15, -0.1) is 0 Å². The fourth-order valence-corrected chi connectivity index (χ4v) is 2.64. The Labute approximate surface area is 179 Å². The van der Waals surface area contributed by atoms with Gasteiger partial charge >= 0.3 is 0 Å². The first-order chi connectivity index (χ1) is 14.5. The molecule has 0 saturated heterocycles. The zero-order valence-electron chi connectivity index (χ0n) is 17.8. The Kier molecular flexibility index (Phi) is 10.5. The van der Waals surface area contributed by atoms with Crippen LogP contribution in [0.25, 0.3) is 0 Å². The van der Waals surface area contributed by atoms with Crippen molar-refractivity contribution in [1.29, 1.82) is 0 Å². The van der Waals surface area contributed by atoms with Crippen LogP contribution in [0.4, 0.5) is 0 Å². The molecule has 0 fully saturated rings. The molecule has 4 nitrogen and oxygen atoms in total. The number of hydrogen-bond donors (Lipinski definition) is 2. The van der Waals surface area contributed by atoms with E-state index >= 15 is 0 Å². The van der Waals surface area contributed by atoms with Gasteiger partial charge in [0.2, 0.25) is 0 Å². The molecular weight excluding hydrogens is 376 g/mol. The largest absolute Gasteiger partial charge is 0.493 e. The number of aryl methyl sites for hydroxylation is 2. The summed E-state index contributed by atoms with van der Waals surface area (Å²) < 4.78 is 11.2. The summed E-state index contributed by atoms with van der Waals surface area (Å²) in [5.41, 5.74) is 2.34. The lowest BCUT2D eigenvalue weighted by Crippen LogP contribution is -2.09. The van der Waals surface area contributed by atoms with Gasteiger partial charge < -0.3 is 19.7 Å². The first-order valence-electron chi connectivity index (χ1n) is 10.3. The van der Waals surface area contributed by atoms with Crippen molar-refractivity contribution in [2.45, 2.75) is 38.9 Å². The molecule has 0 radical (unpaired) electrons. The fourth-order valence-electron chi connectivity index (χ4n) is 2.64. The molecular formula is C26H32O4. The summed E-state index contributed by atoms with van der Waals surface area (Å²) in [5, 5.41) is 19.9. The molecule has 30 heavy (non-hydrogen) atoms. The summed E-state index contributed by atoms with van der Waals surface area (Å²) in [4.78, 5) is 0. The Morgan fingerprint density at radius 3 is 1.83 bits per heavy atom. The van der Waals surface area contributed by atoms with Crippen molar-refractivity contribution in [2.24, 2.45) is 0 Å². The van der Waals surface area contributed by atoms with Gasteiger partial charge in [-0.2, -0.15) is 0 Å². The van der Waals surface area contributed by atoms with E-state index in [1.807, 2.05) is 74.5 Å². The highest BCUT2D eigenvalue weighted by Crippen LogP contribution is 2.13. The van der Waals surface area contributed by atoms with E-state index in [0.29, 0.717) is 26.1 Å². The number of rotatable bonds is 12. The van der Waals surface area contributed by atoms with E-state index in [0.717, 1.165) is 17.1 Å². The fraction of sp³-hybridized carbons (Fsp3) is 0.308. The maximum Gasteiger partial charge on any atom is 0.119 e. The van der Waals surface area contributed by atoms with Gasteiger partial charge in [0, 0.05) is 12.8 Å². The topological polar surface area (TPSA) is 58.9 Å². The zero-order valence-corrected chi connectivity index (χ0v) is 17.8. The molecule has 0 aliphatic heterocycles. The molecule has 2 N–H and O–H groups in total. The highest BCUT2D eigenvalue weighted by molar-refractivity contribution is 5.27. The SMILES string of the molecule is Cc1ccc(OCC[C@@H](O)/C=C/C=C\C=C\[C@@H](O)CCOc2cccc(C)c2)cc1. The summed E-state index contributed by atoms with van der Waals surface area (Å²) in [5.74, 6) is 1.63. The quantitative estimate of drug-likeness (QED) is 0.489. The van der Waals surface area contributed by atoms with E-state index in [1.165, 1.54) is 5.56 Å². The molecule has 2 aromatic carbocycles. The number of hydrogen-bond acceptors (Lipinski definition) is 4. The van der Waals surface area contributed by atoms with Crippen molar-refractivity contribution in [3.63, 3.8) is 0 Å². The molecule has 0 aromatic heterocycles. The highest BCUT2D eigenvalue weighted by atomic mass is 16.5. The number of benzene rings is 2. The highest BCUT2D eigenvalue weighted by Gasteiger charge is 2.01. The van der Waals surface area contributed by atoms with Crippen LogP contribution in [0.15, 0.2) is 85.0 Å². The molecule has 2 atom stereocenters. The summed E-state index contributed by atoms with van der Waals surface area (Å²) >= 11 is 0. The number of ether oxygens (including phenoxy) is 2. The Morgan fingerprint density at radius 1 is 0.700 bits per heavy atom. The normalized spacial score (nSPS) is 13.9. The minimum absolute atomic E-state index is 0.453. The van der Waals surface area contributed by atoms with E-state index in [9.17, 15) is 10.2 Å². The predicted octanol–water partition coefficient (Wildman–Crippen LogP) is 4.93. The third-order valence-electron chi connectivity index (χ3n) is 4.38. The van der Waals surface area contributed by atoms with Crippen molar-refractivity contribution in [2.75, 3.05) is 13.2 Å². The summed E-state index contributed by atoms with van der Waals surface area (Å²) in [6.45, 7) is 4.96. The Bertz CT molecular complexity index is 821. The molecule has 2 aromatic rings. The molecule has 0 saturated carbocycles. The van der Waals surface area contributed by atoms with Gasteiger partial charge in [0.1, 0.15) is 11.5 Å². The van der Waals surface area contributed by atoms with Gasteiger partial charge in [-0.1, -0.05) is 66.3 Å². The first-order valence-corrected chi connectivity index (χ1v) is 10.3. The third kappa shape index (κ3) is 10.1. The van der Waals surface area contributed by atoms with Crippen LogP contribution in [0, 0.1) is 13.8 Å². The maximum atomic E-state index is 9.96. The third-order valence-corrected chi connectivity index (χ3v) is 4.38. The number of aliphatic hydroxyl groups excluding tert-OH is 2. The molecule has 0 aliphatic rings. The Morgan fingerprint density at radius 2 is 1.27 bits per heavy atom. The molecule has 2 rings (SSSR count). The van der Waals surface area contributed by atoms with Gasteiger partial charge in [0.25, 0.3) is 0 Å². The van der Waals surface area contributed by atoms with Crippen molar-refractivity contribution < 1.29 is 19.7 Å². The molecule has 0 spiro atoms. The second-order valence-corrected chi connectivity index (χ2v) is 7.19. The summed E-state index contributed by atoms with van der Waals surface area (Å²) in [6.07, 6.45) is 10.6. The van der Waals surface area contributed by atoms with E-state index in [4.69, 9.17) is 9.47 Å². The van der Waals surface area contributed by atoms with Crippen molar-refractivity contribution in [3.8, 4) is 11.5 Å². The monoisotopic (exact) mass is 408 g/mol. The zero-order chi connectivity index (χ0) is 21.6. The molecule has 0 bridgehead atoms. The molecule has 0 aliphatic carbocycles. The lowest BCUT2D eigenvalue weighted by molar-refractivity contribution is 0.178. The molecule has 160 valence electrons. The van der Waals surface area contributed by atoms with Crippen LogP contribution in [-0.4, -0.2) is 35.6 Å². The van der Waals surface area contributed by atoms with Crippen molar-refractivity contribution in [3.05, 3.63) is 96.1 Å². The van der Waals surface area contributed by atoms with Gasteiger partial charge in [-0.25, -0.2) is 0 Å². The number of allylic oxidation sites excluding steroid dienone is 4. The van der Waals surface area contributed by atoms with Gasteiger partial charge in [-0.05, 0) is 43.7 Å². The minimum atomic E-state index is -0.562. The second kappa shape index (κ2) is 13.4. The van der Waals surface area contributed by atoms with Crippen LogP contribution in [0.2, 0.25) is 0 Å². The molecule has 0 amide bonds. The van der Waals surface area contributed by atoms with E-state index < -0.39 is 12.2 Å². The van der Waals surface area contributed by atoms with Gasteiger partial charge in [-0.3, -0.25) is 0 Å². The average molecular weight is 409 g/mol. The molecule has 4 heteroatoms. The smallest absolute Gasteiger partial charge is 0.119 e. The van der Waals surface area contributed by atoms with Crippen LogP contribution < -0.4 is 9.47 Å². The van der Waals surface area contributed by atoms with Crippen LogP contribution >= 0.6 is 0 Å². The first kappa shape index (κ1) is 23.5.